The number of hydrogen-bond donors (Lipinski definition) is 0. The molecular weight excluding hydrogens is 266 g/mol. The highest BCUT2D eigenvalue weighted by molar-refractivity contribution is 5.95. The lowest BCUT2D eigenvalue weighted by Crippen LogP contribution is -2.42. The zero-order chi connectivity index (χ0) is 16.2. The van der Waals surface area contributed by atoms with Crippen molar-refractivity contribution in [1.82, 2.24) is 4.90 Å². The number of amides is 1. The minimum Gasteiger partial charge on any atom is -0.493 e. The number of hydrogen-bond acceptors (Lipinski definition) is 3. The predicted octanol–water partition coefficient (Wildman–Crippen LogP) is 3.74. The van der Waals surface area contributed by atoms with Crippen LogP contribution in [-0.2, 0) is 0 Å². The van der Waals surface area contributed by atoms with E-state index in [-0.39, 0.29) is 24.1 Å². The van der Waals surface area contributed by atoms with Crippen molar-refractivity contribution >= 4 is 5.91 Å². The molecule has 0 unspecified atom stereocenters. The number of benzene rings is 1. The van der Waals surface area contributed by atoms with Gasteiger partial charge >= 0.3 is 0 Å². The summed E-state index contributed by atoms with van der Waals surface area (Å²) < 4.78 is 11.0. The van der Waals surface area contributed by atoms with E-state index < -0.39 is 0 Å². The quantitative estimate of drug-likeness (QED) is 0.802. The van der Waals surface area contributed by atoms with Gasteiger partial charge in [0.25, 0.3) is 5.91 Å². The summed E-state index contributed by atoms with van der Waals surface area (Å²) in [6, 6.07) is 5.63. The standard InChI is InChI=1S/C17H27NO3/c1-11(2)18(12(3)4)17(19)14-8-9-15(21-13(5)6)16(10-14)20-7/h8-13H,1-7H3. The fourth-order valence-corrected chi connectivity index (χ4v) is 2.37. The van der Waals surface area contributed by atoms with Crippen LogP contribution in [-0.4, -0.2) is 36.1 Å². The van der Waals surface area contributed by atoms with Crippen LogP contribution in [0.2, 0.25) is 0 Å². The van der Waals surface area contributed by atoms with Gasteiger partial charge in [0.05, 0.1) is 13.2 Å². The lowest BCUT2D eigenvalue weighted by atomic mass is 10.1. The number of carbonyl (C=O) groups excluding carboxylic acids is 1. The SMILES string of the molecule is COc1cc(C(=O)N(C(C)C)C(C)C)ccc1OC(C)C. The second kappa shape index (κ2) is 7.34. The van der Waals surface area contributed by atoms with Gasteiger partial charge in [-0.15, -0.1) is 0 Å². The van der Waals surface area contributed by atoms with Gasteiger partial charge in [-0.05, 0) is 59.7 Å². The van der Waals surface area contributed by atoms with E-state index in [0.29, 0.717) is 17.1 Å². The Morgan fingerprint density at radius 3 is 2.00 bits per heavy atom. The number of nitrogens with zero attached hydrogens (tertiary/aromatic N) is 1. The third kappa shape index (κ3) is 4.38. The molecule has 0 fully saturated rings. The van der Waals surface area contributed by atoms with Crippen LogP contribution < -0.4 is 9.47 Å². The predicted molar refractivity (Wildman–Crippen MR) is 85.2 cm³/mol. The van der Waals surface area contributed by atoms with Crippen molar-refractivity contribution in [2.45, 2.75) is 59.7 Å². The minimum atomic E-state index is 0.00870. The van der Waals surface area contributed by atoms with Crippen LogP contribution in [0.25, 0.3) is 0 Å². The van der Waals surface area contributed by atoms with Crippen molar-refractivity contribution in [3.8, 4) is 11.5 Å². The first kappa shape index (κ1) is 17.3. The maximum atomic E-state index is 12.7. The first-order valence-electron chi connectivity index (χ1n) is 7.45. The molecule has 0 bridgehead atoms. The molecule has 1 aromatic rings. The van der Waals surface area contributed by atoms with Gasteiger partial charge in [-0.1, -0.05) is 0 Å². The number of ether oxygens (including phenoxy) is 2. The lowest BCUT2D eigenvalue weighted by Gasteiger charge is -2.31. The summed E-state index contributed by atoms with van der Waals surface area (Å²) in [5.41, 5.74) is 0.616. The van der Waals surface area contributed by atoms with Gasteiger partial charge < -0.3 is 14.4 Å². The Bertz CT molecular complexity index is 473. The number of rotatable bonds is 6. The Balaban J connectivity index is 3.11. The van der Waals surface area contributed by atoms with Crippen molar-refractivity contribution in [3.05, 3.63) is 23.8 Å². The van der Waals surface area contributed by atoms with Crippen molar-refractivity contribution in [2.75, 3.05) is 7.11 Å². The van der Waals surface area contributed by atoms with Gasteiger partial charge in [0.15, 0.2) is 11.5 Å². The maximum Gasteiger partial charge on any atom is 0.254 e. The van der Waals surface area contributed by atoms with E-state index >= 15 is 0 Å². The highest BCUT2D eigenvalue weighted by Gasteiger charge is 2.22. The summed E-state index contributed by atoms with van der Waals surface area (Å²) in [5.74, 6) is 1.25. The van der Waals surface area contributed by atoms with Crippen LogP contribution in [0.3, 0.4) is 0 Å². The zero-order valence-electron chi connectivity index (χ0n) is 14.1. The van der Waals surface area contributed by atoms with E-state index in [1.807, 2.05) is 46.4 Å². The molecule has 0 aliphatic carbocycles. The summed E-state index contributed by atoms with van der Waals surface area (Å²) in [6.45, 7) is 12.0. The van der Waals surface area contributed by atoms with Crippen LogP contribution in [0.15, 0.2) is 18.2 Å². The molecule has 0 aliphatic rings. The van der Waals surface area contributed by atoms with Crippen LogP contribution >= 0.6 is 0 Å². The Labute approximate surface area is 128 Å². The highest BCUT2D eigenvalue weighted by atomic mass is 16.5. The Morgan fingerprint density at radius 1 is 1.00 bits per heavy atom. The molecule has 0 N–H and O–H groups in total. The molecule has 0 atom stereocenters. The molecule has 21 heavy (non-hydrogen) atoms. The van der Waals surface area contributed by atoms with Gasteiger partial charge in [-0.2, -0.15) is 0 Å². The molecule has 4 heteroatoms. The molecule has 0 aromatic heterocycles. The molecule has 1 rings (SSSR count). The van der Waals surface area contributed by atoms with Gasteiger partial charge in [-0.3, -0.25) is 4.79 Å². The van der Waals surface area contributed by atoms with Crippen molar-refractivity contribution in [1.29, 1.82) is 0 Å². The van der Waals surface area contributed by atoms with Gasteiger partial charge in [0.1, 0.15) is 0 Å². The third-order valence-electron chi connectivity index (χ3n) is 3.12. The molecule has 0 saturated carbocycles. The van der Waals surface area contributed by atoms with Crippen molar-refractivity contribution in [3.63, 3.8) is 0 Å². The first-order chi connectivity index (χ1) is 9.77. The van der Waals surface area contributed by atoms with E-state index in [4.69, 9.17) is 9.47 Å². The molecular formula is C17H27NO3. The largest absolute Gasteiger partial charge is 0.493 e. The van der Waals surface area contributed by atoms with Crippen LogP contribution in [0.1, 0.15) is 51.9 Å². The second-order valence-electron chi connectivity index (χ2n) is 5.93. The molecule has 1 aromatic carbocycles. The fourth-order valence-electron chi connectivity index (χ4n) is 2.37. The summed E-state index contributed by atoms with van der Waals surface area (Å²) >= 11 is 0. The molecule has 4 nitrogen and oxygen atoms in total. The monoisotopic (exact) mass is 293 g/mol. The topological polar surface area (TPSA) is 38.8 Å². The fraction of sp³-hybridized carbons (Fsp3) is 0.588. The van der Waals surface area contributed by atoms with Gasteiger partial charge in [0, 0.05) is 17.6 Å². The van der Waals surface area contributed by atoms with E-state index in [1.165, 1.54) is 0 Å². The molecule has 0 heterocycles. The highest BCUT2D eigenvalue weighted by Crippen LogP contribution is 2.29. The van der Waals surface area contributed by atoms with E-state index in [9.17, 15) is 4.79 Å². The van der Waals surface area contributed by atoms with Gasteiger partial charge in [0.2, 0.25) is 0 Å². The average molecular weight is 293 g/mol. The van der Waals surface area contributed by atoms with Crippen molar-refractivity contribution < 1.29 is 14.3 Å². The van der Waals surface area contributed by atoms with Gasteiger partial charge in [-0.25, -0.2) is 0 Å². The second-order valence-corrected chi connectivity index (χ2v) is 5.93. The minimum absolute atomic E-state index is 0.00870. The molecule has 118 valence electrons. The van der Waals surface area contributed by atoms with E-state index in [2.05, 4.69) is 0 Å². The zero-order valence-corrected chi connectivity index (χ0v) is 14.1. The van der Waals surface area contributed by atoms with Crippen LogP contribution in [0.5, 0.6) is 11.5 Å². The summed E-state index contributed by atoms with van der Waals surface area (Å²) in [7, 11) is 1.58. The molecule has 0 radical (unpaired) electrons. The first-order valence-corrected chi connectivity index (χ1v) is 7.45. The summed E-state index contributed by atoms with van der Waals surface area (Å²) in [4.78, 5) is 14.5. The Morgan fingerprint density at radius 2 is 1.57 bits per heavy atom. The Kier molecular flexibility index (Phi) is 6.06. The van der Waals surface area contributed by atoms with Crippen molar-refractivity contribution in [2.24, 2.45) is 0 Å². The molecule has 1 amide bonds. The molecule has 0 aliphatic heterocycles. The number of carbonyl (C=O) groups is 1. The smallest absolute Gasteiger partial charge is 0.254 e. The average Bonchev–Trinajstić information content (AvgIpc) is 2.37. The Hall–Kier alpha value is -1.71. The third-order valence-corrected chi connectivity index (χ3v) is 3.12. The number of methoxy groups -OCH3 is 1. The normalized spacial score (nSPS) is 11.1. The maximum absolute atomic E-state index is 12.7. The van der Waals surface area contributed by atoms with Crippen LogP contribution in [0.4, 0.5) is 0 Å². The summed E-state index contributed by atoms with van der Waals surface area (Å²) in [6.07, 6.45) is 0.0586. The molecule has 0 spiro atoms. The summed E-state index contributed by atoms with van der Waals surface area (Å²) in [5, 5.41) is 0. The van der Waals surface area contributed by atoms with Crippen LogP contribution in [0, 0.1) is 0 Å². The van der Waals surface area contributed by atoms with E-state index in [0.717, 1.165) is 0 Å². The lowest BCUT2D eigenvalue weighted by molar-refractivity contribution is 0.0643. The molecule has 0 saturated heterocycles. The van der Waals surface area contributed by atoms with E-state index in [1.54, 1.807) is 25.3 Å².